The van der Waals surface area contributed by atoms with Gasteiger partial charge in [-0.25, -0.2) is 4.98 Å². The Balaban J connectivity index is 1.72. The summed E-state index contributed by atoms with van der Waals surface area (Å²) in [6, 6.07) is 0. The van der Waals surface area contributed by atoms with Gasteiger partial charge in [0.25, 0.3) is 0 Å². The predicted octanol–water partition coefficient (Wildman–Crippen LogP) is 2.47. The highest BCUT2D eigenvalue weighted by molar-refractivity contribution is 4.87. The number of nitrogens with zero attached hydrogens (tertiary/aromatic N) is 1. The van der Waals surface area contributed by atoms with Crippen LogP contribution >= 0.6 is 0 Å². The van der Waals surface area contributed by atoms with Crippen molar-refractivity contribution in [2.24, 2.45) is 5.41 Å². The standard InChI is InChI=1S/C12H21N3/c1-12(5-3-2-4-6-12)10-13-9-11-14-7-8-15-11/h7-8,13H,2-6,9-10H2,1H3,(H,14,15). The van der Waals surface area contributed by atoms with Crippen molar-refractivity contribution in [3.63, 3.8) is 0 Å². The molecular weight excluding hydrogens is 186 g/mol. The average Bonchev–Trinajstić information content (AvgIpc) is 2.71. The van der Waals surface area contributed by atoms with Crippen molar-refractivity contribution < 1.29 is 0 Å². The van der Waals surface area contributed by atoms with Crippen molar-refractivity contribution in [2.45, 2.75) is 45.6 Å². The second-order valence-electron chi connectivity index (χ2n) is 5.01. The van der Waals surface area contributed by atoms with Crippen LogP contribution in [-0.2, 0) is 6.54 Å². The first-order valence-electron chi connectivity index (χ1n) is 5.98. The first kappa shape index (κ1) is 10.7. The van der Waals surface area contributed by atoms with Gasteiger partial charge in [-0.15, -0.1) is 0 Å². The molecule has 0 spiro atoms. The second-order valence-corrected chi connectivity index (χ2v) is 5.01. The maximum atomic E-state index is 4.20. The first-order chi connectivity index (χ1) is 7.29. The van der Waals surface area contributed by atoms with Crippen LogP contribution in [0, 0.1) is 5.41 Å². The number of aromatic nitrogens is 2. The molecular formula is C12H21N3. The molecule has 15 heavy (non-hydrogen) atoms. The molecule has 0 saturated heterocycles. The summed E-state index contributed by atoms with van der Waals surface area (Å²) in [5.41, 5.74) is 0.519. The first-order valence-corrected chi connectivity index (χ1v) is 5.98. The van der Waals surface area contributed by atoms with E-state index in [-0.39, 0.29) is 0 Å². The number of aromatic amines is 1. The molecule has 0 aliphatic heterocycles. The van der Waals surface area contributed by atoms with Crippen LogP contribution in [0.5, 0.6) is 0 Å². The molecule has 0 radical (unpaired) electrons. The molecule has 0 aromatic carbocycles. The van der Waals surface area contributed by atoms with Crippen LogP contribution < -0.4 is 5.32 Å². The van der Waals surface area contributed by atoms with Crippen LogP contribution in [0.2, 0.25) is 0 Å². The van der Waals surface area contributed by atoms with E-state index in [0.29, 0.717) is 5.41 Å². The molecule has 1 aliphatic carbocycles. The van der Waals surface area contributed by atoms with E-state index in [1.807, 2.05) is 6.20 Å². The lowest BCUT2D eigenvalue weighted by molar-refractivity contribution is 0.207. The molecule has 0 amide bonds. The van der Waals surface area contributed by atoms with Crippen molar-refractivity contribution in [1.29, 1.82) is 0 Å². The fraction of sp³-hybridized carbons (Fsp3) is 0.750. The Morgan fingerprint density at radius 2 is 2.20 bits per heavy atom. The van der Waals surface area contributed by atoms with Gasteiger partial charge in [0, 0.05) is 18.9 Å². The second kappa shape index (κ2) is 4.79. The largest absolute Gasteiger partial charge is 0.348 e. The Morgan fingerprint density at radius 3 is 2.87 bits per heavy atom. The van der Waals surface area contributed by atoms with Gasteiger partial charge in [-0.2, -0.15) is 0 Å². The summed E-state index contributed by atoms with van der Waals surface area (Å²) in [6.45, 7) is 4.39. The smallest absolute Gasteiger partial charge is 0.120 e. The van der Waals surface area contributed by atoms with Gasteiger partial charge in [-0.3, -0.25) is 0 Å². The number of rotatable bonds is 4. The van der Waals surface area contributed by atoms with Gasteiger partial charge in [-0.05, 0) is 18.3 Å². The van der Waals surface area contributed by atoms with Gasteiger partial charge in [-0.1, -0.05) is 26.2 Å². The zero-order chi connectivity index (χ0) is 10.6. The molecule has 3 heteroatoms. The molecule has 0 unspecified atom stereocenters. The summed E-state index contributed by atoms with van der Waals surface area (Å²) in [7, 11) is 0. The van der Waals surface area contributed by atoms with E-state index < -0.39 is 0 Å². The topological polar surface area (TPSA) is 40.7 Å². The minimum absolute atomic E-state index is 0.519. The van der Waals surface area contributed by atoms with Crippen molar-refractivity contribution in [3.8, 4) is 0 Å². The molecule has 1 aromatic heterocycles. The number of imidazole rings is 1. The third kappa shape index (κ3) is 3.06. The summed E-state index contributed by atoms with van der Waals surface area (Å²) < 4.78 is 0. The van der Waals surface area contributed by atoms with E-state index in [1.54, 1.807) is 6.20 Å². The molecule has 2 N–H and O–H groups in total. The van der Waals surface area contributed by atoms with Crippen molar-refractivity contribution >= 4 is 0 Å². The van der Waals surface area contributed by atoms with Crippen molar-refractivity contribution in [1.82, 2.24) is 15.3 Å². The van der Waals surface area contributed by atoms with Crippen LogP contribution in [0.3, 0.4) is 0 Å². The fourth-order valence-electron chi connectivity index (χ4n) is 2.46. The Labute approximate surface area is 91.7 Å². The highest BCUT2D eigenvalue weighted by Gasteiger charge is 2.25. The van der Waals surface area contributed by atoms with Crippen LogP contribution in [-0.4, -0.2) is 16.5 Å². The molecule has 3 nitrogen and oxygen atoms in total. The van der Waals surface area contributed by atoms with Crippen LogP contribution in [0.1, 0.15) is 44.9 Å². The Kier molecular flexibility index (Phi) is 3.41. The summed E-state index contributed by atoms with van der Waals surface area (Å²) in [4.78, 5) is 7.32. The van der Waals surface area contributed by atoms with E-state index >= 15 is 0 Å². The SMILES string of the molecule is CC1(CNCc2ncc[nH]2)CCCCC1. The number of nitrogens with one attached hydrogen (secondary N) is 2. The molecule has 0 bridgehead atoms. The van der Waals surface area contributed by atoms with Gasteiger partial charge in [0.15, 0.2) is 0 Å². The van der Waals surface area contributed by atoms with E-state index in [9.17, 15) is 0 Å². The molecule has 84 valence electrons. The average molecular weight is 207 g/mol. The van der Waals surface area contributed by atoms with E-state index in [0.717, 1.165) is 18.9 Å². The fourth-order valence-corrected chi connectivity index (χ4v) is 2.46. The maximum absolute atomic E-state index is 4.20. The van der Waals surface area contributed by atoms with E-state index in [4.69, 9.17) is 0 Å². The molecule has 1 fully saturated rings. The minimum atomic E-state index is 0.519. The van der Waals surface area contributed by atoms with Crippen LogP contribution in [0.25, 0.3) is 0 Å². The Morgan fingerprint density at radius 1 is 1.40 bits per heavy atom. The van der Waals surface area contributed by atoms with Gasteiger partial charge < -0.3 is 10.3 Å². The summed E-state index contributed by atoms with van der Waals surface area (Å²) in [5.74, 6) is 1.04. The molecule has 1 saturated carbocycles. The van der Waals surface area contributed by atoms with E-state index in [2.05, 4.69) is 22.2 Å². The number of hydrogen-bond acceptors (Lipinski definition) is 2. The number of H-pyrrole nitrogens is 1. The van der Waals surface area contributed by atoms with Gasteiger partial charge in [0.2, 0.25) is 0 Å². The Hall–Kier alpha value is -0.830. The van der Waals surface area contributed by atoms with Crippen molar-refractivity contribution in [3.05, 3.63) is 18.2 Å². The highest BCUT2D eigenvalue weighted by Crippen LogP contribution is 2.34. The molecule has 1 heterocycles. The van der Waals surface area contributed by atoms with E-state index in [1.165, 1.54) is 32.1 Å². The number of hydrogen-bond donors (Lipinski definition) is 2. The molecule has 0 atom stereocenters. The van der Waals surface area contributed by atoms with Crippen LogP contribution in [0.4, 0.5) is 0 Å². The molecule has 1 aromatic rings. The van der Waals surface area contributed by atoms with Crippen molar-refractivity contribution in [2.75, 3.05) is 6.54 Å². The minimum Gasteiger partial charge on any atom is -0.348 e. The lowest BCUT2D eigenvalue weighted by Crippen LogP contribution is -2.33. The summed E-state index contributed by atoms with van der Waals surface area (Å²) >= 11 is 0. The quantitative estimate of drug-likeness (QED) is 0.796. The molecule has 1 aliphatic rings. The van der Waals surface area contributed by atoms with Crippen LogP contribution in [0.15, 0.2) is 12.4 Å². The monoisotopic (exact) mass is 207 g/mol. The maximum Gasteiger partial charge on any atom is 0.120 e. The lowest BCUT2D eigenvalue weighted by Gasteiger charge is -2.33. The van der Waals surface area contributed by atoms with Gasteiger partial charge in [0.05, 0.1) is 6.54 Å². The summed E-state index contributed by atoms with van der Waals surface area (Å²) in [6.07, 6.45) is 10.7. The van der Waals surface area contributed by atoms with Gasteiger partial charge >= 0.3 is 0 Å². The Bertz CT molecular complexity index is 273. The third-order valence-electron chi connectivity index (χ3n) is 3.46. The van der Waals surface area contributed by atoms with Gasteiger partial charge in [0.1, 0.15) is 5.82 Å². The summed E-state index contributed by atoms with van der Waals surface area (Å²) in [5, 5.41) is 3.50. The lowest BCUT2D eigenvalue weighted by atomic mass is 9.76. The normalized spacial score (nSPS) is 20.3. The zero-order valence-corrected chi connectivity index (χ0v) is 9.55. The highest BCUT2D eigenvalue weighted by atomic mass is 15.0. The zero-order valence-electron chi connectivity index (χ0n) is 9.55. The third-order valence-corrected chi connectivity index (χ3v) is 3.46. The predicted molar refractivity (Wildman–Crippen MR) is 61.5 cm³/mol. The molecule has 2 rings (SSSR count).